The van der Waals surface area contributed by atoms with Crippen LogP contribution in [-0.4, -0.2) is 50.2 Å². The van der Waals surface area contributed by atoms with Crippen molar-refractivity contribution in [3.8, 4) is 0 Å². The minimum absolute atomic E-state index is 0.191. The quantitative estimate of drug-likeness (QED) is 0.812. The summed E-state index contributed by atoms with van der Waals surface area (Å²) >= 11 is 0. The van der Waals surface area contributed by atoms with Crippen molar-refractivity contribution in [2.24, 2.45) is 11.3 Å². The molecule has 1 amide bonds. The second-order valence-corrected chi connectivity index (χ2v) is 6.27. The molecule has 2 saturated heterocycles. The number of carbonyl (C=O) groups excluding carboxylic acids is 1. The number of likely N-dealkylation sites (tertiary alicyclic amines) is 1. The summed E-state index contributed by atoms with van der Waals surface area (Å²) in [4.78, 5) is 14.0. The third-order valence-electron chi connectivity index (χ3n) is 4.78. The molecule has 3 aliphatic rings. The molecule has 2 aliphatic heterocycles. The van der Waals surface area contributed by atoms with Crippen molar-refractivity contribution >= 4 is 5.91 Å². The molecule has 0 bridgehead atoms. The number of piperidine rings is 1. The van der Waals surface area contributed by atoms with E-state index in [2.05, 4.69) is 5.32 Å². The molecule has 102 valence electrons. The maximum absolute atomic E-state index is 12.0. The SMILES string of the molecule is O=C(COCC1CC1)N1CCC2(CCNC2)CC1. The summed E-state index contributed by atoms with van der Waals surface area (Å²) in [6.45, 7) is 5.22. The maximum Gasteiger partial charge on any atom is 0.248 e. The molecular weight excluding hydrogens is 228 g/mol. The molecule has 4 nitrogen and oxygen atoms in total. The highest BCUT2D eigenvalue weighted by atomic mass is 16.5. The van der Waals surface area contributed by atoms with Gasteiger partial charge in [0.1, 0.15) is 6.61 Å². The van der Waals surface area contributed by atoms with Crippen molar-refractivity contribution in [3.63, 3.8) is 0 Å². The van der Waals surface area contributed by atoms with Gasteiger partial charge in [0.05, 0.1) is 6.61 Å². The molecule has 1 N–H and O–H groups in total. The number of hydrogen-bond acceptors (Lipinski definition) is 3. The van der Waals surface area contributed by atoms with Crippen LogP contribution in [0.4, 0.5) is 0 Å². The van der Waals surface area contributed by atoms with Gasteiger partial charge in [-0.3, -0.25) is 4.79 Å². The van der Waals surface area contributed by atoms with Crippen molar-refractivity contribution in [3.05, 3.63) is 0 Å². The van der Waals surface area contributed by atoms with Crippen LogP contribution in [0.25, 0.3) is 0 Å². The second kappa shape index (κ2) is 5.17. The smallest absolute Gasteiger partial charge is 0.248 e. The Labute approximate surface area is 109 Å². The van der Waals surface area contributed by atoms with E-state index in [1.165, 1.54) is 19.3 Å². The Morgan fingerprint density at radius 1 is 1.28 bits per heavy atom. The van der Waals surface area contributed by atoms with Crippen molar-refractivity contribution in [1.29, 1.82) is 0 Å². The topological polar surface area (TPSA) is 41.6 Å². The van der Waals surface area contributed by atoms with Crippen LogP contribution in [-0.2, 0) is 9.53 Å². The van der Waals surface area contributed by atoms with E-state index in [4.69, 9.17) is 4.74 Å². The number of nitrogens with one attached hydrogen (secondary N) is 1. The Hall–Kier alpha value is -0.610. The normalized spacial score (nSPS) is 26.8. The third kappa shape index (κ3) is 2.86. The fraction of sp³-hybridized carbons (Fsp3) is 0.929. The highest BCUT2D eigenvalue weighted by molar-refractivity contribution is 5.77. The minimum Gasteiger partial charge on any atom is -0.371 e. The fourth-order valence-electron chi connectivity index (χ4n) is 3.14. The van der Waals surface area contributed by atoms with Crippen molar-refractivity contribution < 1.29 is 9.53 Å². The van der Waals surface area contributed by atoms with Gasteiger partial charge in [0, 0.05) is 19.6 Å². The standard InChI is InChI=1S/C14H24N2O2/c17-13(10-18-9-12-1-2-12)16-7-4-14(5-8-16)3-6-15-11-14/h12,15H,1-11H2. The first-order valence-electron chi connectivity index (χ1n) is 7.34. The van der Waals surface area contributed by atoms with Gasteiger partial charge in [0.2, 0.25) is 5.91 Å². The lowest BCUT2D eigenvalue weighted by atomic mass is 9.78. The zero-order chi connectivity index (χ0) is 12.4. The van der Waals surface area contributed by atoms with Crippen LogP contribution in [0, 0.1) is 11.3 Å². The van der Waals surface area contributed by atoms with Crippen LogP contribution in [0.2, 0.25) is 0 Å². The molecule has 1 aliphatic carbocycles. The van der Waals surface area contributed by atoms with E-state index >= 15 is 0 Å². The second-order valence-electron chi connectivity index (χ2n) is 6.27. The lowest BCUT2D eigenvalue weighted by molar-refractivity contribution is -0.138. The van der Waals surface area contributed by atoms with Crippen LogP contribution >= 0.6 is 0 Å². The summed E-state index contributed by atoms with van der Waals surface area (Å²) in [7, 11) is 0. The van der Waals surface area contributed by atoms with E-state index in [1.807, 2.05) is 4.90 Å². The van der Waals surface area contributed by atoms with Gasteiger partial charge >= 0.3 is 0 Å². The van der Waals surface area contributed by atoms with Gasteiger partial charge in [0.25, 0.3) is 0 Å². The van der Waals surface area contributed by atoms with Gasteiger partial charge < -0.3 is 15.0 Å². The molecular formula is C14H24N2O2. The first-order valence-corrected chi connectivity index (χ1v) is 7.34. The third-order valence-corrected chi connectivity index (χ3v) is 4.78. The van der Waals surface area contributed by atoms with Gasteiger partial charge in [-0.2, -0.15) is 0 Å². The van der Waals surface area contributed by atoms with E-state index in [0.717, 1.165) is 51.5 Å². The lowest BCUT2D eigenvalue weighted by Crippen LogP contribution is -2.45. The van der Waals surface area contributed by atoms with Crippen molar-refractivity contribution in [2.75, 3.05) is 39.4 Å². The van der Waals surface area contributed by atoms with Crippen LogP contribution < -0.4 is 5.32 Å². The van der Waals surface area contributed by atoms with Crippen LogP contribution in [0.3, 0.4) is 0 Å². The Balaban J connectivity index is 1.39. The Bertz CT molecular complexity index is 299. The van der Waals surface area contributed by atoms with E-state index in [9.17, 15) is 4.79 Å². The molecule has 18 heavy (non-hydrogen) atoms. The van der Waals surface area contributed by atoms with Gasteiger partial charge in [-0.15, -0.1) is 0 Å². The summed E-state index contributed by atoms with van der Waals surface area (Å²) < 4.78 is 5.49. The fourth-order valence-corrected chi connectivity index (χ4v) is 3.14. The number of carbonyl (C=O) groups is 1. The van der Waals surface area contributed by atoms with Gasteiger partial charge in [-0.1, -0.05) is 0 Å². The largest absolute Gasteiger partial charge is 0.371 e. The van der Waals surface area contributed by atoms with Gasteiger partial charge in [0.15, 0.2) is 0 Å². The molecule has 0 unspecified atom stereocenters. The number of hydrogen-bond donors (Lipinski definition) is 1. The Morgan fingerprint density at radius 3 is 2.67 bits per heavy atom. The predicted molar refractivity (Wildman–Crippen MR) is 69.3 cm³/mol. The molecule has 2 heterocycles. The highest BCUT2D eigenvalue weighted by Crippen LogP contribution is 2.36. The van der Waals surface area contributed by atoms with Crippen molar-refractivity contribution in [1.82, 2.24) is 10.2 Å². The van der Waals surface area contributed by atoms with Crippen LogP contribution in [0.15, 0.2) is 0 Å². The summed E-state index contributed by atoms with van der Waals surface area (Å²) in [6, 6.07) is 0. The first kappa shape index (κ1) is 12.4. The zero-order valence-electron chi connectivity index (χ0n) is 11.1. The minimum atomic E-state index is 0.191. The molecule has 0 aromatic heterocycles. The summed E-state index contributed by atoms with van der Waals surface area (Å²) in [5.41, 5.74) is 0.492. The average Bonchev–Trinajstić information content (AvgIpc) is 3.10. The number of ether oxygens (including phenoxy) is 1. The van der Waals surface area contributed by atoms with E-state index in [-0.39, 0.29) is 5.91 Å². The average molecular weight is 252 g/mol. The highest BCUT2D eigenvalue weighted by Gasteiger charge is 2.37. The van der Waals surface area contributed by atoms with Gasteiger partial charge in [-0.25, -0.2) is 0 Å². The lowest BCUT2D eigenvalue weighted by Gasteiger charge is -2.38. The van der Waals surface area contributed by atoms with E-state index < -0.39 is 0 Å². The predicted octanol–water partition coefficient (Wildman–Crippen LogP) is 1.02. The molecule has 3 fully saturated rings. The van der Waals surface area contributed by atoms with E-state index in [1.54, 1.807) is 0 Å². The molecule has 0 atom stereocenters. The maximum atomic E-state index is 12.0. The molecule has 1 saturated carbocycles. The van der Waals surface area contributed by atoms with E-state index in [0.29, 0.717) is 12.0 Å². The molecule has 0 radical (unpaired) electrons. The Kier molecular flexibility index (Phi) is 3.57. The molecule has 0 aromatic carbocycles. The summed E-state index contributed by atoms with van der Waals surface area (Å²) in [5, 5.41) is 3.45. The number of rotatable bonds is 4. The molecule has 4 heteroatoms. The summed E-state index contributed by atoms with van der Waals surface area (Å²) in [5.74, 6) is 0.934. The molecule has 0 aromatic rings. The van der Waals surface area contributed by atoms with Crippen LogP contribution in [0.1, 0.15) is 32.1 Å². The Morgan fingerprint density at radius 2 is 2.06 bits per heavy atom. The first-order chi connectivity index (χ1) is 8.77. The van der Waals surface area contributed by atoms with Crippen molar-refractivity contribution in [2.45, 2.75) is 32.1 Å². The zero-order valence-corrected chi connectivity index (χ0v) is 11.1. The molecule has 1 spiro atoms. The number of nitrogens with zero attached hydrogens (tertiary/aromatic N) is 1. The summed E-state index contributed by atoms with van der Waals surface area (Å²) in [6.07, 6.45) is 6.18. The monoisotopic (exact) mass is 252 g/mol. The van der Waals surface area contributed by atoms with Crippen LogP contribution in [0.5, 0.6) is 0 Å². The molecule has 3 rings (SSSR count). The van der Waals surface area contributed by atoms with Gasteiger partial charge in [-0.05, 0) is 50.0 Å². The number of amides is 1.